The first-order valence-electron chi connectivity index (χ1n) is 8.51. The van der Waals surface area contributed by atoms with Crippen LogP contribution < -0.4 is 11.1 Å². The van der Waals surface area contributed by atoms with Gasteiger partial charge in [0.15, 0.2) is 6.10 Å². The summed E-state index contributed by atoms with van der Waals surface area (Å²) >= 11 is 2.80. The summed E-state index contributed by atoms with van der Waals surface area (Å²) in [7, 11) is 0. The van der Waals surface area contributed by atoms with Crippen molar-refractivity contribution in [2.75, 3.05) is 11.6 Å². The average Bonchev–Trinajstić information content (AvgIpc) is 3.21. The maximum Gasteiger partial charge on any atom is 0.340 e. The molecular weight excluding hydrogens is 384 g/mol. The number of aryl methyl sites for hydroxylation is 1. The van der Waals surface area contributed by atoms with Crippen LogP contribution >= 0.6 is 23.1 Å². The molecule has 2 aromatic rings. The fourth-order valence-corrected chi connectivity index (χ4v) is 4.94. The highest BCUT2D eigenvalue weighted by Gasteiger charge is 2.28. The van der Waals surface area contributed by atoms with Gasteiger partial charge in [0.1, 0.15) is 5.00 Å². The molecule has 0 saturated carbocycles. The van der Waals surface area contributed by atoms with Crippen molar-refractivity contribution in [2.24, 2.45) is 5.73 Å². The van der Waals surface area contributed by atoms with Gasteiger partial charge in [-0.2, -0.15) is 0 Å². The second kappa shape index (κ2) is 8.14. The number of nitrogens with one attached hydrogen (secondary N) is 1. The van der Waals surface area contributed by atoms with Gasteiger partial charge in [-0.3, -0.25) is 9.59 Å². The van der Waals surface area contributed by atoms with E-state index >= 15 is 0 Å². The number of thiophene rings is 1. The van der Waals surface area contributed by atoms with E-state index in [0.29, 0.717) is 16.1 Å². The predicted molar refractivity (Wildman–Crippen MR) is 107 cm³/mol. The third-order valence-electron chi connectivity index (χ3n) is 4.38. The van der Waals surface area contributed by atoms with Gasteiger partial charge < -0.3 is 15.8 Å². The minimum Gasteiger partial charge on any atom is -0.449 e. The van der Waals surface area contributed by atoms with Gasteiger partial charge in [-0.25, -0.2) is 4.79 Å². The lowest BCUT2D eigenvalue weighted by Gasteiger charge is -2.14. The fraction of sp³-hybridized carbons (Fsp3) is 0.316. The van der Waals surface area contributed by atoms with Crippen molar-refractivity contribution >= 4 is 45.9 Å². The quantitative estimate of drug-likeness (QED) is 0.569. The number of ether oxygens (including phenoxy) is 1. The minimum atomic E-state index is -1.01. The van der Waals surface area contributed by atoms with Crippen LogP contribution in [0.4, 0.5) is 5.00 Å². The third-order valence-corrected chi connectivity index (χ3v) is 6.39. The van der Waals surface area contributed by atoms with Crippen LogP contribution in [0.3, 0.4) is 0 Å². The van der Waals surface area contributed by atoms with Crippen molar-refractivity contribution in [3.05, 3.63) is 45.8 Å². The third kappa shape index (κ3) is 4.01. The molecule has 0 bridgehead atoms. The van der Waals surface area contributed by atoms with Crippen LogP contribution in [0.15, 0.2) is 29.2 Å². The molecule has 27 heavy (non-hydrogen) atoms. The number of fused-ring (bicyclic) bond motifs is 1. The molecule has 142 valence electrons. The molecular formula is C19H20N2O4S2. The Labute approximate surface area is 165 Å². The molecule has 2 amide bonds. The molecule has 1 aliphatic carbocycles. The zero-order chi connectivity index (χ0) is 19.6. The molecule has 8 heteroatoms. The van der Waals surface area contributed by atoms with Crippen LogP contribution in [-0.4, -0.2) is 30.1 Å². The minimum absolute atomic E-state index is 0.382. The van der Waals surface area contributed by atoms with Crippen LogP contribution in [-0.2, 0) is 22.4 Å². The summed E-state index contributed by atoms with van der Waals surface area (Å²) in [4.78, 5) is 38.6. The Kier molecular flexibility index (Phi) is 5.86. The summed E-state index contributed by atoms with van der Waals surface area (Å²) in [6.07, 6.45) is 3.51. The topological polar surface area (TPSA) is 98.5 Å². The van der Waals surface area contributed by atoms with E-state index in [4.69, 9.17) is 10.5 Å². The number of esters is 1. The zero-order valence-electron chi connectivity index (χ0n) is 15.0. The van der Waals surface area contributed by atoms with Crippen molar-refractivity contribution < 1.29 is 19.1 Å². The van der Waals surface area contributed by atoms with Crippen molar-refractivity contribution in [1.82, 2.24) is 0 Å². The smallest absolute Gasteiger partial charge is 0.340 e. The number of nitrogens with two attached hydrogens (primary N) is 1. The molecule has 0 fully saturated rings. The molecule has 0 saturated heterocycles. The summed E-state index contributed by atoms with van der Waals surface area (Å²) in [5.74, 6) is -1.61. The van der Waals surface area contributed by atoms with Crippen molar-refractivity contribution in [1.29, 1.82) is 0 Å². The molecule has 1 aromatic carbocycles. The number of amides is 2. The van der Waals surface area contributed by atoms with Crippen molar-refractivity contribution in [3.8, 4) is 0 Å². The number of rotatable bonds is 6. The Bertz CT molecular complexity index is 907. The van der Waals surface area contributed by atoms with E-state index in [1.54, 1.807) is 12.1 Å². The lowest BCUT2D eigenvalue weighted by atomic mass is 10.1. The molecule has 6 nitrogen and oxygen atoms in total. The number of benzene rings is 1. The lowest BCUT2D eigenvalue weighted by Crippen LogP contribution is -2.30. The molecule has 1 unspecified atom stereocenters. The predicted octanol–water partition coefficient (Wildman–Crippen LogP) is 3.24. The van der Waals surface area contributed by atoms with E-state index in [0.717, 1.165) is 34.6 Å². The van der Waals surface area contributed by atoms with Gasteiger partial charge in [0, 0.05) is 9.77 Å². The average molecular weight is 405 g/mol. The molecule has 3 rings (SSSR count). The van der Waals surface area contributed by atoms with Crippen molar-refractivity contribution in [2.45, 2.75) is 37.2 Å². The summed E-state index contributed by atoms with van der Waals surface area (Å²) < 4.78 is 5.31. The highest BCUT2D eigenvalue weighted by atomic mass is 32.2. The van der Waals surface area contributed by atoms with Gasteiger partial charge in [-0.05, 0) is 50.1 Å². The summed E-state index contributed by atoms with van der Waals surface area (Å²) in [6, 6.07) is 7.06. The first-order valence-corrected chi connectivity index (χ1v) is 10.6. The number of carbonyl (C=O) groups excluding carboxylic acids is 3. The largest absolute Gasteiger partial charge is 0.449 e. The van der Waals surface area contributed by atoms with E-state index in [-0.39, 0.29) is 0 Å². The number of anilines is 1. The van der Waals surface area contributed by atoms with Crippen LogP contribution in [0, 0.1) is 0 Å². The van der Waals surface area contributed by atoms with E-state index in [1.165, 1.54) is 30.0 Å². The van der Waals surface area contributed by atoms with Crippen LogP contribution in [0.1, 0.15) is 44.5 Å². The highest BCUT2D eigenvalue weighted by Crippen LogP contribution is 2.38. The van der Waals surface area contributed by atoms with Gasteiger partial charge in [0.25, 0.3) is 11.8 Å². The number of thioether (sulfide) groups is 1. The summed E-state index contributed by atoms with van der Waals surface area (Å²) in [5, 5.41) is 3.14. The molecule has 3 N–H and O–H groups in total. The maximum absolute atomic E-state index is 12.5. The highest BCUT2D eigenvalue weighted by molar-refractivity contribution is 7.98. The van der Waals surface area contributed by atoms with Crippen LogP contribution in [0.2, 0.25) is 0 Å². The van der Waals surface area contributed by atoms with Gasteiger partial charge >= 0.3 is 5.97 Å². The van der Waals surface area contributed by atoms with Crippen molar-refractivity contribution in [3.63, 3.8) is 0 Å². The fourth-order valence-electron chi connectivity index (χ4n) is 3.06. The Hall–Kier alpha value is -2.32. The number of hydrogen-bond acceptors (Lipinski definition) is 6. The van der Waals surface area contributed by atoms with Crippen LogP contribution in [0.5, 0.6) is 0 Å². The Morgan fingerprint density at radius 1 is 1.26 bits per heavy atom. The van der Waals surface area contributed by atoms with Gasteiger partial charge in [-0.15, -0.1) is 23.1 Å². The Morgan fingerprint density at radius 3 is 2.70 bits per heavy atom. The van der Waals surface area contributed by atoms with Gasteiger partial charge in [0.05, 0.1) is 11.1 Å². The monoisotopic (exact) mass is 404 g/mol. The standard InChI is InChI=1S/C19H20N2O4S2/c1-10(25-19(24)12-6-3-4-8-13(12)26-2)17(23)21-18-15(16(20)22)11-7-5-9-14(11)27-18/h3-4,6,8,10H,5,7,9H2,1-2H3,(H2,20,22)(H,21,23). The van der Waals surface area contributed by atoms with E-state index < -0.39 is 23.9 Å². The van der Waals surface area contributed by atoms with Gasteiger partial charge in [0.2, 0.25) is 0 Å². The molecule has 0 spiro atoms. The summed E-state index contributed by atoms with van der Waals surface area (Å²) in [6.45, 7) is 1.50. The number of primary amides is 1. The number of hydrogen-bond donors (Lipinski definition) is 2. The number of carbonyl (C=O) groups is 3. The molecule has 0 radical (unpaired) electrons. The summed E-state index contributed by atoms with van der Waals surface area (Å²) in [5.41, 5.74) is 7.23. The molecule has 1 aromatic heterocycles. The van der Waals surface area contributed by atoms with Crippen LogP contribution in [0.25, 0.3) is 0 Å². The second-order valence-corrected chi connectivity index (χ2v) is 8.12. The SMILES string of the molecule is CSc1ccccc1C(=O)OC(C)C(=O)Nc1sc2c(c1C(N)=O)CCC2. The maximum atomic E-state index is 12.5. The first kappa shape index (κ1) is 19.4. The zero-order valence-corrected chi connectivity index (χ0v) is 16.7. The molecule has 1 atom stereocenters. The normalized spacial score (nSPS) is 13.7. The Balaban J connectivity index is 1.72. The van der Waals surface area contributed by atoms with E-state index in [2.05, 4.69) is 5.32 Å². The second-order valence-electron chi connectivity index (χ2n) is 6.16. The Morgan fingerprint density at radius 2 is 2.00 bits per heavy atom. The van der Waals surface area contributed by atoms with E-state index in [9.17, 15) is 14.4 Å². The van der Waals surface area contributed by atoms with E-state index in [1.807, 2.05) is 18.4 Å². The molecule has 0 aliphatic heterocycles. The van der Waals surface area contributed by atoms with Gasteiger partial charge in [-0.1, -0.05) is 12.1 Å². The molecule has 1 aliphatic rings. The lowest BCUT2D eigenvalue weighted by molar-refractivity contribution is -0.123. The molecule has 1 heterocycles. The first-order chi connectivity index (χ1) is 12.9.